The maximum Gasteiger partial charge on any atom is 0.433 e. The third-order valence-corrected chi connectivity index (χ3v) is 8.34. The number of carbonyl (C=O) groups is 2. The molecule has 3 aromatic rings. The fourth-order valence-corrected chi connectivity index (χ4v) is 6.34. The SMILES string of the molecule is Cc1cc(Nc2nccc(C(F)(F)F)n2)cc(-c2cnc(C34CCCN3C(=O)C4)s2)c1.O=C1CCCCCN1. The first-order chi connectivity index (χ1) is 18.6. The number of fused-ring (bicyclic) bond motifs is 1. The van der Waals surface area contributed by atoms with Gasteiger partial charge in [-0.05, 0) is 61.9 Å². The monoisotopic (exact) mass is 558 g/mol. The van der Waals surface area contributed by atoms with Gasteiger partial charge in [0.25, 0.3) is 0 Å². The highest BCUT2D eigenvalue weighted by molar-refractivity contribution is 7.15. The van der Waals surface area contributed by atoms with Crippen molar-refractivity contribution in [2.45, 2.75) is 63.6 Å². The van der Waals surface area contributed by atoms with Gasteiger partial charge in [-0.25, -0.2) is 15.0 Å². The van der Waals surface area contributed by atoms with Gasteiger partial charge in [-0.15, -0.1) is 11.3 Å². The van der Waals surface area contributed by atoms with Gasteiger partial charge < -0.3 is 15.5 Å². The van der Waals surface area contributed by atoms with Crippen molar-refractivity contribution in [3.63, 3.8) is 0 Å². The van der Waals surface area contributed by atoms with Gasteiger partial charge >= 0.3 is 6.18 Å². The molecule has 6 rings (SSSR count). The summed E-state index contributed by atoms with van der Waals surface area (Å²) in [5.41, 5.74) is 1.16. The van der Waals surface area contributed by atoms with Crippen molar-refractivity contribution in [2.75, 3.05) is 18.4 Å². The molecular weight excluding hydrogens is 529 g/mol. The fraction of sp³-hybridized carbons (Fsp3) is 0.444. The van der Waals surface area contributed by atoms with Crippen LogP contribution in [0.1, 0.15) is 61.2 Å². The highest BCUT2D eigenvalue weighted by Crippen LogP contribution is 2.51. The van der Waals surface area contributed by atoms with Gasteiger partial charge in [-0.2, -0.15) is 13.2 Å². The van der Waals surface area contributed by atoms with E-state index in [1.54, 1.807) is 17.5 Å². The smallest absolute Gasteiger partial charge is 0.356 e. The molecule has 3 saturated heterocycles. The summed E-state index contributed by atoms with van der Waals surface area (Å²) in [4.78, 5) is 37.4. The summed E-state index contributed by atoms with van der Waals surface area (Å²) in [6, 6.07) is 6.48. The lowest BCUT2D eigenvalue weighted by Crippen LogP contribution is -2.57. The van der Waals surface area contributed by atoms with Crippen molar-refractivity contribution >= 4 is 34.8 Å². The molecule has 2 N–H and O–H groups in total. The van der Waals surface area contributed by atoms with E-state index in [1.807, 2.05) is 30.0 Å². The summed E-state index contributed by atoms with van der Waals surface area (Å²) in [7, 11) is 0. The average molecular weight is 559 g/mol. The van der Waals surface area contributed by atoms with Gasteiger partial charge in [-0.3, -0.25) is 9.59 Å². The van der Waals surface area contributed by atoms with Crippen LogP contribution in [-0.4, -0.2) is 44.8 Å². The molecule has 2 amide bonds. The number of carbonyl (C=O) groups excluding carboxylic acids is 2. The molecule has 0 spiro atoms. The molecule has 0 bridgehead atoms. The number of rotatable bonds is 4. The maximum atomic E-state index is 12.9. The van der Waals surface area contributed by atoms with Crippen molar-refractivity contribution in [1.82, 2.24) is 25.2 Å². The third-order valence-electron chi connectivity index (χ3n) is 7.10. The number of thiazole rings is 1. The predicted molar refractivity (Wildman–Crippen MR) is 141 cm³/mol. The summed E-state index contributed by atoms with van der Waals surface area (Å²) in [6.45, 7) is 3.58. The molecular formula is C27H29F3N6O2S. The Labute approximate surface area is 228 Å². The number of hydrogen-bond acceptors (Lipinski definition) is 7. The summed E-state index contributed by atoms with van der Waals surface area (Å²) >= 11 is 1.56. The lowest BCUT2D eigenvalue weighted by atomic mass is 9.85. The molecule has 1 unspecified atom stereocenters. The Balaban J connectivity index is 0.000000332. The second-order valence-electron chi connectivity index (χ2n) is 10.0. The lowest BCUT2D eigenvalue weighted by molar-refractivity contribution is -0.153. The number of hydrogen-bond donors (Lipinski definition) is 2. The molecule has 8 nitrogen and oxygen atoms in total. The zero-order valence-corrected chi connectivity index (χ0v) is 22.3. The van der Waals surface area contributed by atoms with Gasteiger partial charge in [0.2, 0.25) is 17.8 Å². The number of amides is 2. The summed E-state index contributed by atoms with van der Waals surface area (Å²) < 4.78 is 38.8. The normalized spacial score (nSPS) is 20.8. The summed E-state index contributed by atoms with van der Waals surface area (Å²) in [5.74, 6) is 0.282. The van der Waals surface area contributed by atoms with Gasteiger partial charge in [0, 0.05) is 37.6 Å². The molecule has 5 heterocycles. The third kappa shape index (κ3) is 5.90. The van der Waals surface area contributed by atoms with Crippen LogP contribution >= 0.6 is 11.3 Å². The number of aromatic nitrogens is 3. The Morgan fingerprint density at radius 3 is 2.74 bits per heavy atom. The molecule has 0 saturated carbocycles. The van der Waals surface area contributed by atoms with Crippen LogP contribution in [0.5, 0.6) is 0 Å². The van der Waals surface area contributed by atoms with E-state index in [2.05, 4.69) is 25.6 Å². The highest BCUT2D eigenvalue weighted by Gasteiger charge is 2.56. The molecule has 39 heavy (non-hydrogen) atoms. The van der Waals surface area contributed by atoms with Crippen molar-refractivity contribution in [3.05, 3.63) is 52.9 Å². The molecule has 3 aliphatic heterocycles. The molecule has 1 aromatic carbocycles. The maximum absolute atomic E-state index is 12.9. The van der Waals surface area contributed by atoms with Crippen LogP contribution in [-0.2, 0) is 21.3 Å². The fourth-order valence-electron chi connectivity index (χ4n) is 5.21. The number of β-lactam (4-membered cyclic amide) rings is 1. The van der Waals surface area contributed by atoms with E-state index in [0.717, 1.165) is 78.5 Å². The molecule has 206 valence electrons. The van der Waals surface area contributed by atoms with Crippen molar-refractivity contribution in [2.24, 2.45) is 0 Å². The minimum absolute atomic E-state index is 0.121. The number of anilines is 2. The van der Waals surface area contributed by atoms with Crippen LogP contribution in [0.3, 0.4) is 0 Å². The van der Waals surface area contributed by atoms with Crippen LogP contribution in [0.25, 0.3) is 10.4 Å². The molecule has 2 aromatic heterocycles. The summed E-state index contributed by atoms with van der Waals surface area (Å²) in [5, 5.41) is 6.62. The molecule has 12 heteroatoms. The number of alkyl halides is 3. The van der Waals surface area contributed by atoms with Crippen molar-refractivity contribution in [3.8, 4) is 10.4 Å². The number of halogens is 3. The molecule has 0 aliphatic carbocycles. The van der Waals surface area contributed by atoms with E-state index < -0.39 is 11.9 Å². The van der Waals surface area contributed by atoms with Gasteiger partial charge in [0.05, 0.1) is 11.3 Å². The van der Waals surface area contributed by atoms with E-state index >= 15 is 0 Å². The van der Waals surface area contributed by atoms with Crippen molar-refractivity contribution < 1.29 is 22.8 Å². The van der Waals surface area contributed by atoms with Crippen LogP contribution in [0, 0.1) is 6.92 Å². The van der Waals surface area contributed by atoms with E-state index in [0.29, 0.717) is 12.1 Å². The number of benzene rings is 1. The first-order valence-electron chi connectivity index (χ1n) is 13.0. The molecule has 1 atom stereocenters. The number of nitrogens with one attached hydrogen (secondary N) is 2. The second-order valence-corrected chi connectivity index (χ2v) is 11.1. The Morgan fingerprint density at radius 1 is 1.10 bits per heavy atom. The lowest BCUT2D eigenvalue weighted by Gasteiger charge is -2.45. The predicted octanol–water partition coefficient (Wildman–Crippen LogP) is 5.57. The van der Waals surface area contributed by atoms with E-state index in [4.69, 9.17) is 0 Å². The molecule has 3 fully saturated rings. The number of nitrogens with zero attached hydrogens (tertiary/aromatic N) is 4. The van der Waals surface area contributed by atoms with E-state index in [1.165, 1.54) is 6.42 Å². The minimum Gasteiger partial charge on any atom is -0.356 e. The van der Waals surface area contributed by atoms with E-state index in [-0.39, 0.29) is 23.3 Å². The van der Waals surface area contributed by atoms with E-state index in [9.17, 15) is 22.8 Å². The number of aryl methyl sites for hydroxylation is 1. The van der Waals surface area contributed by atoms with Crippen molar-refractivity contribution in [1.29, 1.82) is 0 Å². The van der Waals surface area contributed by atoms with Gasteiger partial charge in [0.1, 0.15) is 16.2 Å². The van der Waals surface area contributed by atoms with Crippen LogP contribution < -0.4 is 10.6 Å². The Hall–Kier alpha value is -3.54. The molecule has 0 radical (unpaired) electrons. The Kier molecular flexibility index (Phi) is 7.57. The van der Waals surface area contributed by atoms with Crippen LogP contribution in [0.2, 0.25) is 0 Å². The zero-order valence-electron chi connectivity index (χ0n) is 21.5. The second kappa shape index (κ2) is 10.9. The van der Waals surface area contributed by atoms with Gasteiger partial charge in [-0.1, -0.05) is 12.5 Å². The standard InChI is InChI=1S/C21H18F3N5OS.C6H11NO/c1-12-7-13(9-14(8-12)27-19-25-5-3-16(28-19)21(22,23)24)15-11-26-18(31-15)20-4-2-6-29(20)17(30)10-20;8-6-4-2-1-3-5-7-6/h3,5,7-9,11H,2,4,6,10H2,1H3,(H,25,27,28);1-5H2,(H,7,8). The Bertz CT molecular complexity index is 1370. The minimum atomic E-state index is -4.54. The van der Waals surface area contributed by atoms with Crippen LogP contribution in [0.4, 0.5) is 24.8 Å². The quantitative estimate of drug-likeness (QED) is 0.406. The zero-order chi connectivity index (χ0) is 27.6. The topological polar surface area (TPSA) is 100 Å². The highest BCUT2D eigenvalue weighted by atomic mass is 32.1. The largest absolute Gasteiger partial charge is 0.433 e. The Morgan fingerprint density at radius 2 is 1.95 bits per heavy atom. The average Bonchev–Trinajstić information content (AvgIpc) is 3.43. The van der Waals surface area contributed by atoms with Gasteiger partial charge in [0.15, 0.2) is 0 Å². The first-order valence-corrected chi connectivity index (χ1v) is 13.8. The molecule has 3 aliphatic rings. The first kappa shape index (κ1) is 27.0. The summed E-state index contributed by atoms with van der Waals surface area (Å²) in [6.07, 6.45) is 4.94. The van der Waals surface area contributed by atoms with Crippen LogP contribution in [0.15, 0.2) is 36.7 Å².